The number of esters is 1. The van der Waals surface area contributed by atoms with Crippen molar-refractivity contribution in [1.82, 2.24) is 30.3 Å². The van der Waals surface area contributed by atoms with Crippen molar-refractivity contribution in [3.63, 3.8) is 0 Å². The maximum atomic E-state index is 14.4. The number of amides is 5. The first-order valence-corrected chi connectivity index (χ1v) is 27.7. The molecule has 25 nitrogen and oxygen atoms in total. The van der Waals surface area contributed by atoms with Crippen molar-refractivity contribution in [2.75, 3.05) is 25.0 Å². The Hall–Kier alpha value is -6.58. The number of likely N-dealkylation sites (tertiary alicyclic amines) is 1. The summed E-state index contributed by atoms with van der Waals surface area (Å²) in [6.45, 7) is 27.6. The van der Waals surface area contributed by atoms with Crippen LogP contribution in [0.15, 0.2) is 41.1 Å². The van der Waals surface area contributed by atoms with E-state index in [4.69, 9.17) is 28.5 Å². The smallest absolute Gasteiger partial charge is 0.418 e. The highest BCUT2D eigenvalue weighted by molar-refractivity contribution is 7.80. The van der Waals surface area contributed by atoms with Gasteiger partial charge in [0.1, 0.15) is 39.9 Å². The zero-order chi connectivity index (χ0) is 58.1. The van der Waals surface area contributed by atoms with Gasteiger partial charge in [0.2, 0.25) is 6.20 Å². The molecular weight excluding hydrogens is 1060 g/mol. The van der Waals surface area contributed by atoms with Crippen LogP contribution in [0.1, 0.15) is 128 Å². The molecule has 0 radical (unpaired) electrons. The van der Waals surface area contributed by atoms with Gasteiger partial charge in [-0.15, -0.1) is 20.3 Å². The molecule has 5 heterocycles. The van der Waals surface area contributed by atoms with Gasteiger partial charge in [0, 0.05) is 25.0 Å². The third kappa shape index (κ3) is 16.0. The van der Waals surface area contributed by atoms with Crippen molar-refractivity contribution in [2.24, 2.45) is 11.1 Å². The number of ether oxygens (including phenoxy) is 5. The van der Waals surface area contributed by atoms with Crippen molar-refractivity contribution in [3.05, 3.63) is 47.2 Å². The number of alkyl carbamates (subject to hydrolysis) is 1. The maximum absolute atomic E-state index is 14.4. The Balaban J connectivity index is 1.27. The van der Waals surface area contributed by atoms with E-state index in [2.05, 4.69) is 39.7 Å². The van der Waals surface area contributed by atoms with Crippen LogP contribution in [0.4, 0.5) is 19.5 Å². The lowest BCUT2D eigenvalue weighted by atomic mass is 9.84. The van der Waals surface area contributed by atoms with Gasteiger partial charge >= 0.3 is 34.6 Å². The standard InChI is InChI=1S/C51H73N9O16S2/c1-46(2,3)71-41(63)51(15,75-56-37(34-29-77-42(53-34)55-44(65)73-48(7,8)9)39(61)54-38-40(62)60(50(38,13)14)76-78(67,68)69)36-20-18-32-23-31(17-19-35(32)70-36)33-27-58(22-16-21-52-43(64)72-47(4,5)6)59(28-33)26-30-24-57(25-30)45(66)74-49(10,11)12/h17,19,23,27-30,36,38H,16,18,20-22,24-26H2,1-15H3,(H3-,52,53,54,55,61,64,65,67,68,69)/p+1/b56-37-/t36-,38-,51+/m1/s1. The van der Waals surface area contributed by atoms with Crippen molar-refractivity contribution in [2.45, 2.75) is 182 Å². The molecule has 0 aliphatic carbocycles. The number of aryl methyl sites for hydroxylation is 2. The van der Waals surface area contributed by atoms with Gasteiger partial charge in [0.05, 0.1) is 29.8 Å². The molecule has 1 aromatic carbocycles. The molecule has 4 N–H and O–H groups in total. The third-order valence-electron chi connectivity index (χ3n) is 12.0. The SMILES string of the molecule is CC(C)(C)OC(=O)NCCCn1cc(-c2ccc3c(c2)CC[C@H]([C@](C)(O/N=C(\C(=O)N[C@@H]2C(=O)N(OS(=O)(=O)O)C2(C)C)c2csc(NC(=O)OC(C)(C)C)n2)C(=O)OC(C)(C)C)O3)c[n+]1CC1CN(C(=O)OC(C)(C)C)C1. The average molecular weight is 1130 g/mol. The van der Waals surface area contributed by atoms with Crippen LogP contribution in [0.3, 0.4) is 0 Å². The highest BCUT2D eigenvalue weighted by Crippen LogP contribution is 2.38. The summed E-state index contributed by atoms with van der Waals surface area (Å²) in [5.74, 6) is -2.40. The predicted molar refractivity (Wildman–Crippen MR) is 282 cm³/mol. The van der Waals surface area contributed by atoms with Gasteiger partial charge in [-0.1, -0.05) is 11.2 Å². The summed E-state index contributed by atoms with van der Waals surface area (Å²) in [7, 11) is -5.12. The van der Waals surface area contributed by atoms with Crippen LogP contribution < -0.4 is 25.4 Å². The van der Waals surface area contributed by atoms with Gasteiger partial charge in [-0.25, -0.2) is 24.2 Å². The number of rotatable bonds is 17. The van der Waals surface area contributed by atoms with Crippen molar-refractivity contribution >= 4 is 68.6 Å². The topological polar surface area (TPSA) is 298 Å². The van der Waals surface area contributed by atoms with Crippen molar-refractivity contribution in [3.8, 4) is 16.9 Å². The molecule has 3 aliphatic rings. The van der Waals surface area contributed by atoms with E-state index in [1.165, 1.54) is 26.2 Å². The van der Waals surface area contributed by atoms with Gasteiger partial charge < -0.3 is 44.1 Å². The Morgan fingerprint density at radius 1 is 0.897 bits per heavy atom. The number of carbonyl (C=O) groups is 6. The largest absolute Gasteiger partial charge is 0.485 e. The van der Waals surface area contributed by atoms with E-state index >= 15 is 0 Å². The lowest BCUT2D eigenvalue weighted by Gasteiger charge is -2.50. The molecule has 2 saturated heterocycles. The van der Waals surface area contributed by atoms with E-state index in [9.17, 15) is 41.7 Å². The normalized spacial score (nSPS) is 18.7. The fourth-order valence-corrected chi connectivity index (χ4v) is 9.47. The number of thiazole rings is 1. The second-order valence-corrected chi connectivity index (χ2v) is 25.9. The van der Waals surface area contributed by atoms with Gasteiger partial charge in [0.25, 0.3) is 17.4 Å². The van der Waals surface area contributed by atoms with Gasteiger partial charge in [-0.05, 0) is 146 Å². The number of β-lactam (4-membered cyclic amide) rings is 1. The first-order valence-electron chi connectivity index (χ1n) is 25.4. The number of carbonyl (C=O) groups excluding carboxylic acids is 6. The van der Waals surface area contributed by atoms with Crippen LogP contribution in [0.5, 0.6) is 5.75 Å². The van der Waals surface area contributed by atoms with Crippen molar-refractivity contribution < 1.29 is 79.2 Å². The minimum atomic E-state index is -5.12. The molecule has 2 aromatic heterocycles. The number of anilines is 1. The number of hydrogen-bond donors (Lipinski definition) is 4. The van der Waals surface area contributed by atoms with E-state index < -0.39 is 91.8 Å². The first-order chi connectivity index (χ1) is 35.8. The molecule has 2 fully saturated rings. The zero-order valence-electron chi connectivity index (χ0n) is 46.9. The molecule has 0 spiro atoms. The monoisotopic (exact) mass is 1130 g/mol. The molecule has 3 aliphatic heterocycles. The van der Waals surface area contributed by atoms with E-state index in [1.807, 2.05) is 45.3 Å². The molecular formula is C51H74N9O16S2+. The number of aromatic nitrogens is 3. The molecule has 0 unspecified atom stereocenters. The van der Waals surface area contributed by atoms with Crippen LogP contribution in [-0.4, -0.2) is 140 Å². The summed E-state index contributed by atoms with van der Waals surface area (Å²) >= 11 is 0.896. The summed E-state index contributed by atoms with van der Waals surface area (Å²) in [6.07, 6.45) is 2.46. The zero-order valence-corrected chi connectivity index (χ0v) is 48.6. The average Bonchev–Trinajstić information content (AvgIpc) is 3.90. The summed E-state index contributed by atoms with van der Waals surface area (Å²) in [5, 5.41) is 13.7. The number of benzene rings is 1. The number of fused-ring (bicyclic) bond motifs is 1. The summed E-state index contributed by atoms with van der Waals surface area (Å²) in [4.78, 5) is 91.7. The second-order valence-electron chi connectivity index (χ2n) is 24.0. The van der Waals surface area contributed by atoms with E-state index in [0.717, 1.165) is 28.0 Å². The fourth-order valence-electron chi connectivity index (χ4n) is 8.33. The molecule has 0 saturated carbocycles. The Morgan fingerprint density at radius 2 is 1.53 bits per heavy atom. The second kappa shape index (κ2) is 22.6. The summed E-state index contributed by atoms with van der Waals surface area (Å²) < 4.78 is 69.7. The Morgan fingerprint density at radius 3 is 2.13 bits per heavy atom. The molecule has 27 heteroatoms. The van der Waals surface area contributed by atoms with Crippen LogP contribution >= 0.6 is 11.3 Å². The van der Waals surface area contributed by atoms with Gasteiger partial charge in [-0.2, -0.15) is 18.2 Å². The number of nitrogens with one attached hydrogen (secondary N) is 3. The molecule has 430 valence electrons. The van der Waals surface area contributed by atoms with Crippen LogP contribution in [-0.2, 0) is 72.4 Å². The minimum Gasteiger partial charge on any atom is -0.485 e. The highest BCUT2D eigenvalue weighted by atomic mass is 32.3. The lowest BCUT2D eigenvalue weighted by molar-refractivity contribution is -0.781. The highest BCUT2D eigenvalue weighted by Gasteiger charge is 2.58. The van der Waals surface area contributed by atoms with Gasteiger partial charge in [0.15, 0.2) is 23.5 Å². The summed E-state index contributed by atoms with van der Waals surface area (Å²) in [5.41, 5.74) is -4.88. The summed E-state index contributed by atoms with van der Waals surface area (Å²) in [6, 6.07) is 4.24. The Kier molecular flexibility index (Phi) is 17.6. The number of oxime groups is 1. The molecule has 3 atom stereocenters. The number of nitrogens with zero attached hydrogens (tertiary/aromatic N) is 6. The number of hydrogen-bond acceptors (Lipinski definition) is 18. The molecule has 6 rings (SSSR count). The predicted octanol–water partition coefficient (Wildman–Crippen LogP) is 6.08. The maximum Gasteiger partial charge on any atom is 0.418 e. The quantitative estimate of drug-likeness (QED) is 0.0174. The number of hydroxylamine groups is 2. The molecule has 5 amide bonds. The minimum absolute atomic E-state index is 0.0157. The first kappa shape index (κ1) is 60.6. The van der Waals surface area contributed by atoms with E-state index in [0.29, 0.717) is 56.4 Å². The van der Waals surface area contributed by atoms with Crippen LogP contribution in [0, 0.1) is 5.92 Å². The van der Waals surface area contributed by atoms with Crippen LogP contribution in [0.2, 0.25) is 0 Å². The van der Waals surface area contributed by atoms with Gasteiger partial charge in [-0.3, -0.25) is 19.5 Å². The molecule has 78 heavy (non-hydrogen) atoms. The lowest BCUT2D eigenvalue weighted by Crippen LogP contribution is -2.76. The van der Waals surface area contributed by atoms with E-state index in [1.54, 1.807) is 73.3 Å². The Bertz CT molecular complexity index is 2900. The Labute approximate surface area is 458 Å². The molecule has 3 aromatic rings. The van der Waals surface area contributed by atoms with E-state index in [-0.39, 0.29) is 29.3 Å². The van der Waals surface area contributed by atoms with Crippen molar-refractivity contribution in [1.29, 1.82) is 0 Å². The molecule has 0 bridgehead atoms. The fraction of sp³-hybridized carbons (Fsp3) is 0.627. The third-order valence-corrected chi connectivity index (χ3v) is 13.1. The van der Waals surface area contributed by atoms with Crippen LogP contribution in [0.25, 0.3) is 11.1 Å².